The molecule has 1 amide bonds. The molecule has 9 heteroatoms. The molecular weight excluding hydrogens is 376 g/mol. The molecule has 1 saturated heterocycles. The second-order valence-electron chi connectivity index (χ2n) is 6.83. The molecule has 1 aliphatic heterocycles. The third-order valence-corrected chi connectivity index (χ3v) is 6.04. The average molecular weight is 398 g/mol. The van der Waals surface area contributed by atoms with Crippen LogP contribution in [0.3, 0.4) is 0 Å². The number of primary amides is 1. The molecule has 2 aromatic heterocycles. The van der Waals surface area contributed by atoms with Crippen LogP contribution in [0.25, 0.3) is 16.9 Å². The van der Waals surface area contributed by atoms with E-state index in [9.17, 15) is 9.90 Å². The number of benzene rings is 1. The van der Waals surface area contributed by atoms with Gasteiger partial charge in [0, 0.05) is 30.2 Å². The van der Waals surface area contributed by atoms with Crippen LogP contribution >= 0.6 is 11.8 Å². The van der Waals surface area contributed by atoms with E-state index in [4.69, 9.17) is 16.5 Å². The molecule has 0 bridgehead atoms. The van der Waals surface area contributed by atoms with Crippen LogP contribution in [0.4, 0.5) is 11.6 Å². The maximum absolute atomic E-state index is 12.2. The summed E-state index contributed by atoms with van der Waals surface area (Å²) in [6.07, 6.45) is 1.70. The number of thioether (sulfide) groups is 1. The molecule has 146 valence electrons. The van der Waals surface area contributed by atoms with Crippen LogP contribution in [0.5, 0.6) is 5.75 Å². The Morgan fingerprint density at radius 3 is 2.64 bits per heavy atom. The second kappa shape index (κ2) is 6.90. The first kappa shape index (κ1) is 18.4. The number of aryl methyl sites for hydroxylation is 1. The van der Waals surface area contributed by atoms with Crippen molar-refractivity contribution in [2.24, 2.45) is 5.73 Å². The highest BCUT2D eigenvalue weighted by molar-refractivity contribution is 7.99. The molecule has 8 nitrogen and oxygen atoms in total. The van der Waals surface area contributed by atoms with Gasteiger partial charge in [-0.1, -0.05) is 6.07 Å². The third-order valence-electron chi connectivity index (χ3n) is 5.10. The van der Waals surface area contributed by atoms with E-state index < -0.39 is 5.91 Å². The van der Waals surface area contributed by atoms with Crippen molar-refractivity contribution in [2.75, 3.05) is 35.2 Å². The number of hydrogen-bond donors (Lipinski definition) is 3. The lowest BCUT2D eigenvalue weighted by Gasteiger charge is -2.27. The standard InChI is InChI=1S/C19H22N6O2S/c1-10-3-4-12(26)11(2)16(10)25-17(20)14(18(21)27)15-19(25)22-9-13(23-15)24-5-7-28-8-6-24/h3-4,9,26H,5-8,20H2,1-2H3,(H2,21,27). The zero-order valence-electron chi connectivity index (χ0n) is 15.8. The quantitative estimate of drug-likeness (QED) is 0.616. The smallest absolute Gasteiger partial charge is 0.254 e. The molecule has 3 heterocycles. The highest BCUT2D eigenvalue weighted by Gasteiger charge is 2.26. The SMILES string of the molecule is Cc1ccc(O)c(C)c1-n1c(N)c(C(N)=O)c2nc(N3CCSCC3)cnc21. The van der Waals surface area contributed by atoms with Crippen LogP contribution in [-0.4, -0.2) is 50.1 Å². The van der Waals surface area contributed by atoms with Gasteiger partial charge >= 0.3 is 0 Å². The maximum atomic E-state index is 12.2. The van der Waals surface area contributed by atoms with Gasteiger partial charge in [-0.2, -0.15) is 11.8 Å². The topological polar surface area (TPSA) is 123 Å². The van der Waals surface area contributed by atoms with Gasteiger partial charge in [0.1, 0.15) is 28.5 Å². The number of fused-ring (bicyclic) bond motifs is 1. The molecule has 1 aromatic carbocycles. The van der Waals surface area contributed by atoms with Gasteiger partial charge in [-0.05, 0) is 25.5 Å². The second-order valence-corrected chi connectivity index (χ2v) is 8.06. The number of rotatable bonds is 3. The van der Waals surface area contributed by atoms with Crippen LogP contribution in [0.1, 0.15) is 21.5 Å². The molecule has 0 spiro atoms. The Morgan fingerprint density at radius 2 is 1.96 bits per heavy atom. The first-order valence-corrected chi connectivity index (χ1v) is 10.1. The van der Waals surface area contributed by atoms with Gasteiger partial charge in [-0.15, -0.1) is 0 Å². The Kier molecular flexibility index (Phi) is 4.54. The molecule has 0 atom stereocenters. The van der Waals surface area contributed by atoms with E-state index in [0.29, 0.717) is 28.2 Å². The molecule has 0 unspecified atom stereocenters. The first-order valence-electron chi connectivity index (χ1n) is 8.99. The van der Waals surface area contributed by atoms with Gasteiger partial charge < -0.3 is 21.5 Å². The zero-order valence-corrected chi connectivity index (χ0v) is 16.6. The van der Waals surface area contributed by atoms with E-state index in [-0.39, 0.29) is 17.1 Å². The Labute approximate surface area is 166 Å². The molecule has 3 aromatic rings. The van der Waals surface area contributed by atoms with Gasteiger partial charge in [0.15, 0.2) is 5.65 Å². The fraction of sp³-hybridized carbons (Fsp3) is 0.316. The summed E-state index contributed by atoms with van der Waals surface area (Å²) in [5.41, 5.74) is 15.2. The van der Waals surface area contributed by atoms with Crippen LogP contribution in [-0.2, 0) is 0 Å². The zero-order chi connectivity index (χ0) is 20.0. The Bertz CT molecular complexity index is 1090. The van der Waals surface area contributed by atoms with E-state index in [0.717, 1.165) is 30.2 Å². The summed E-state index contributed by atoms with van der Waals surface area (Å²) in [6.45, 7) is 5.44. The number of phenolic OH excluding ortho intramolecular Hbond substituents is 1. The van der Waals surface area contributed by atoms with E-state index in [1.165, 1.54) is 0 Å². The van der Waals surface area contributed by atoms with Crippen molar-refractivity contribution in [3.8, 4) is 11.4 Å². The van der Waals surface area contributed by atoms with Crippen molar-refractivity contribution in [3.63, 3.8) is 0 Å². The van der Waals surface area contributed by atoms with Crippen LogP contribution in [0, 0.1) is 13.8 Å². The van der Waals surface area contributed by atoms with E-state index in [1.54, 1.807) is 29.8 Å². The summed E-state index contributed by atoms with van der Waals surface area (Å²) in [7, 11) is 0. The summed E-state index contributed by atoms with van der Waals surface area (Å²) in [6, 6.07) is 3.42. The van der Waals surface area contributed by atoms with Crippen LogP contribution in [0.15, 0.2) is 18.3 Å². The number of carbonyl (C=O) groups is 1. The maximum Gasteiger partial charge on any atom is 0.254 e. The van der Waals surface area contributed by atoms with E-state index in [1.807, 2.05) is 18.7 Å². The number of nitrogens with two attached hydrogens (primary N) is 2. The Morgan fingerprint density at radius 1 is 1.25 bits per heavy atom. The number of hydrogen-bond acceptors (Lipinski definition) is 7. The highest BCUT2D eigenvalue weighted by atomic mass is 32.2. The highest BCUT2D eigenvalue weighted by Crippen LogP contribution is 2.35. The molecule has 4 rings (SSSR count). The fourth-order valence-electron chi connectivity index (χ4n) is 3.64. The van der Waals surface area contributed by atoms with Crippen molar-refractivity contribution in [2.45, 2.75) is 13.8 Å². The minimum Gasteiger partial charge on any atom is -0.508 e. The lowest BCUT2D eigenvalue weighted by Crippen LogP contribution is -2.33. The predicted octanol–water partition coefficient (Wildman–Crippen LogP) is 1.98. The van der Waals surface area contributed by atoms with Gasteiger partial charge in [-0.25, -0.2) is 9.97 Å². The molecule has 1 fully saturated rings. The van der Waals surface area contributed by atoms with Crippen molar-refractivity contribution in [1.82, 2.24) is 14.5 Å². The lowest BCUT2D eigenvalue weighted by molar-refractivity contribution is 0.100. The summed E-state index contributed by atoms with van der Waals surface area (Å²) < 4.78 is 1.66. The molecule has 0 aliphatic carbocycles. The molecule has 5 N–H and O–H groups in total. The number of aromatic hydroxyl groups is 1. The minimum absolute atomic E-state index is 0.137. The summed E-state index contributed by atoms with van der Waals surface area (Å²) in [5, 5.41) is 10.2. The number of phenols is 1. The monoisotopic (exact) mass is 398 g/mol. The fourth-order valence-corrected chi connectivity index (χ4v) is 4.54. The normalized spacial score (nSPS) is 14.6. The summed E-state index contributed by atoms with van der Waals surface area (Å²) in [4.78, 5) is 23.6. The van der Waals surface area contributed by atoms with Crippen molar-refractivity contribution in [1.29, 1.82) is 0 Å². The molecular formula is C19H22N6O2S. The summed E-state index contributed by atoms with van der Waals surface area (Å²) in [5.74, 6) is 2.40. The number of nitrogens with zero attached hydrogens (tertiary/aromatic N) is 4. The lowest BCUT2D eigenvalue weighted by atomic mass is 10.1. The average Bonchev–Trinajstić information content (AvgIpc) is 2.97. The molecule has 28 heavy (non-hydrogen) atoms. The number of nitrogen functional groups attached to an aromatic ring is 1. The Hall–Kier alpha value is -2.94. The number of carbonyl (C=O) groups excluding carboxylic acids is 1. The number of amides is 1. The van der Waals surface area contributed by atoms with E-state index >= 15 is 0 Å². The van der Waals surface area contributed by atoms with Gasteiger partial charge in [0.05, 0.1) is 11.9 Å². The molecule has 1 aliphatic rings. The Balaban J connectivity index is 2.00. The molecule has 0 radical (unpaired) electrons. The third kappa shape index (κ3) is 2.82. The number of anilines is 2. The van der Waals surface area contributed by atoms with Crippen LogP contribution < -0.4 is 16.4 Å². The van der Waals surface area contributed by atoms with Crippen molar-refractivity contribution < 1.29 is 9.90 Å². The number of aromatic nitrogens is 3. The van der Waals surface area contributed by atoms with Crippen molar-refractivity contribution in [3.05, 3.63) is 35.0 Å². The van der Waals surface area contributed by atoms with Gasteiger partial charge in [-0.3, -0.25) is 9.36 Å². The predicted molar refractivity (Wildman–Crippen MR) is 112 cm³/mol. The largest absolute Gasteiger partial charge is 0.508 e. The first-order chi connectivity index (χ1) is 13.4. The van der Waals surface area contributed by atoms with Gasteiger partial charge in [0.25, 0.3) is 5.91 Å². The van der Waals surface area contributed by atoms with Gasteiger partial charge in [0.2, 0.25) is 0 Å². The van der Waals surface area contributed by atoms with E-state index in [2.05, 4.69) is 9.88 Å². The summed E-state index contributed by atoms with van der Waals surface area (Å²) >= 11 is 1.90. The minimum atomic E-state index is -0.655. The van der Waals surface area contributed by atoms with Crippen LogP contribution in [0.2, 0.25) is 0 Å². The molecule has 0 saturated carbocycles. The van der Waals surface area contributed by atoms with Crippen molar-refractivity contribution >= 4 is 40.5 Å².